The van der Waals surface area contributed by atoms with Crippen molar-refractivity contribution in [2.45, 2.75) is 64.7 Å². The highest BCUT2D eigenvalue weighted by molar-refractivity contribution is 5.36. The molecule has 3 heteroatoms. The van der Waals surface area contributed by atoms with Crippen LogP contribution in [0.1, 0.15) is 63.0 Å². The highest BCUT2D eigenvalue weighted by Crippen LogP contribution is 2.21. The molecule has 0 atom stereocenters. The van der Waals surface area contributed by atoms with Crippen LogP contribution in [0.5, 0.6) is 5.75 Å². The summed E-state index contributed by atoms with van der Waals surface area (Å²) in [6.45, 7) is 7.74. The van der Waals surface area contributed by atoms with E-state index in [4.69, 9.17) is 0 Å². The zero-order valence-electron chi connectivity index (χ0n) is 15.5. The molecule has 0 radical (unpaired) electrons. The first kappa shape index (κ1) is 19.3. The molecular formula is C21H36N2O. The number of unbranched alkanes of at least 4 members (excludes halogenated alkanes) is 6. The number of benzene rings is 1. The zero-order chi connectivity index (χ0) is 17.0. The number of rotatable bonds is 11. The summed E-state index contributed by atoms with van der Waals surface area (Å²) in [5, 5.41) is 13.5. The summed E-state index contributed by atoms with van der Waals surface area (Å²) in [4.78, 5) is 2.49. The van der Waals surface area contributed by atoms with Crippen LogP contribution in [-0.2, 0) is 12.8 Å². The van der Waals surface area contributed by atoms with Gasteiger partial charge in [0.1, 0.15) is 5.75 Å². The summed E-state index contributed by atoms with van der Waals surface area (Å²) < 4.78 is 0. The number of piperazine rings is 1. The minimum absolute atomic E-state index is 0.466. The monoisotopic (exact) mass is 332 g/mol. The maximum absolute atomic E-state index is 10.1. The van der Waals surface area contributed by atoms with Gasteiger partial charge in [-0.15, -0.1) is 0 Å². The summed E-state index contributed by atoms with van der Waals surface area (Å²) in [7, 11) is 0. The maximum atomic E-state index is 10.1. The highest BCUT2D eigenvalue weighted by atomic mass is 16.3. The molecule has 0 amide bonds. The molecule has 24 heavy (non-hydrogen) atoms. The van der Waals surface area contributed by atoms with Gasteiger partial charge in [-0.25, -0.2) is 0 Å². The van der Waals surface area contributed by atoms with Crippen LogP contribution >= 0.6 is 0 Å². The van der Waals surface area contributed by atoms with Crippen LogP contribution in [0.25, 0.3) is 0 Å². The van der Waals surface area contributed by atoms with Crippen molar-refractivity contribution in [3.63, 3.8) is 0 Å². The average Bonchev–Trinajstić information content (AvgIpc) is 2.62. The van der Waals surface area contributed by atoms with Gasteiger partial charge in [0.2, 0.25) is 0 Å². The van der Waals surface area contributed by atoms with Gasteiger partial charge < -0.3 is 15.3 Å². The van der Waals surface area contributed by atoms with Crippen LogP contribution < -0.4 is 5.32 Å². The Balaban J connectivity index is 1.69. The van der Waals surface area contributed by atoms with Crippen molar-refractivity contribution in [3.05, 3.63) is 29.3 Å². The van der Waals surface area contributed by atoms with Crippen molar-refractivity contribution >= 4 is 0 Å². The number of phenolic OH excluding ortho intramolecular Hbond substituents is 1. The number of hydrogen-bond acceptors (Lipinski definition) is 3. The maximum Gasteiger partial charge on any atom is 0.118 e. The number of phenols is 1. The first-order valence-electron chi connectivity index (χ1n) is 10.0. The third kappa shape index (κ3) is 7.23. The summed E-state index contributed by atoms with van der Waals surface area (Å²) in [5.41, 5.74) is 2.51. The zero-order valence-corrected chi connectivity index (χ0v) is 15.5. The third-order valence-electron chi connectivity index (χ3n) is 5.12. The van der Waals surface area contributed by atoms with Gasteiger partial charge in [0.25, 0.3) is 0 Å². The smallest absolute Gasteiger partial charge is 0.118 e. The molecular weight excluding hydrogens is 296 g/mol. The molecule has 0 aliphatic carbocycles. The van der Waals surface area contributed by atoms with Crippen molar-refractivity contribution in [3.8, 4) is 5.75 Å². The van der Waals surface area contributed by atoms with Crippen molar-refractivity contribution in [2.75, 3.05) is 32.7 Å². The van der Waals surface area contributed by atoms with Crippen molar-refractivity contribution in [2.24, 2.45) is 0 Å². The number of nitrogens with one attached hydrogen (secondary N) is 1. The van der Waals surface area contributed by atoms with Gasteiger partial charge in [-0.3, -0.25) is 0 Å². The predicted molar refractivity (Wildman–Crippen MR) is 103 cm³/mol. The quantitative estimate of drug-likeness (QED) is 0.598. The van der Waals surface area contributed by atoms with Gasteiger partial charge in [0, 0.05) is 32.7 Å². The molecule has 1 heterocycles. The summed E-state index contributed by atoms with van der Waals surface area (Å²) in [5.74, 6) is 0.466. The molecule has 136 valence electrons. The van der Waals surface area contributed by atoms with Crippen molar-refractivity contribution in [1.29, 1.82) is 0 Å². The Hall–Kier alpha value is -1.06. The van der Waals surface area contributed by atoms with E-state index in [-0.39, 0.29) is 0 Å². The number of hydrogen-bond donors (Lipinski definition) is 2. The van der Waals surface area contributed by atoms with Gasteiger partial charge >= 0.3 is 0 Å². The predicted octanol–water partition coefficient (Wildman–Crippen LogP) is 4.13. The molecule has 0 spiro atoms. The van der Waals surface area contributed by atoms with Gasteiger partial charge in [-0.1, -0.05) is 57.6 Å². The first-order chi connectivity index (χ1) is 11.8. The van der Waals surface area contributed by atoms with Crippen LogP contribution in [0, 0.1) is 0 Å². The van der Waals surface area contributed by atoms with Gasteiger partial charge in [-0.2, -0.15) is 0 Å². The molecule has 1 saturated heterocycles. The molecule has 0 aromatic heterocycles. The number of nitrogens with zero attached hydrogens (tertiary/aromatic N) is 1. The van der Waals surface area contributed by atoms with Gasteiger partial charge in [0.15, 0.2) is 0 Å². The van der Waals surface area contributed by atoms with Crippen molar-refractivity contribution < 1.29 is 5.11 Å². The first-order valence-corrected chi connectivity index (χ1v) is 10.0. The highest BCUT2D eigenvalue weighted by Gasteiger charge is 2.10. The molecule has 1 fully saturated rings. The fourth-order valence-corrected chi connectivity index (χ4v) is 3.49. The Morgan fingerprint density at radius 1 is 0.958 bits per heavy atom. The Morgan fingerprint density at radius 2 is 1.67 bits per heavy atom. The Labute approximate surface area is 148 Å². The van der Waals surface area contributed by atoms with Gasteiger partial charge in [0.05, 0.1) is 0 Å². The lowest BCUT2D eigenvalue weighted by Gasteiger charge is -2.27. The molecule has 0 bridgehead atoms. The topological polar surface area (TPSA) is 35.5 Å². The average molecular weight is 333 g/mol. The molecule has 1 aromatic rings. The van der Waals surface area contributed by atoms with E-state index in [1.165, 1.54) is 50.5 Å². The lowest BCUT2D eigenvalue weighted by molar-refractivity contribution is 0.243. The lowest BCUT2D eigenvalue weighted by atomic mass is 10.0. The Bertz CT molecular complexity index is 455. The molecule has 1 aromatic carbocycles. The molecule has 0 saturated carbocycles. The minimum atomic E-state index is 0.466. The molecule has 0 unspecified atom stereocenters. The molecule has 3 nitrogen and oxygen atoms in total. The van der Waals surface area contributed by atoms with E-state index in [2.05, 4.69) is 29.3 Å². The van der Waals surface area contributed by atoms with Gasteiger partial charge in [-0.05, 0) is 36.5 Å². The van der Waals surface area contributed by atoms with E-state index in [1.807, 2.05) is 6.07 Å². The van der Waals surface area contributed by atoms with Crippen molar-refractivity contribution in [1.82, 2.24) is 10.2 Å². The fraction of sp³-hybridized carbons (Fsp3) is 0.714. The van der Waals surface area contributed by atoms with Crippen LogP contribution in [0.3, 0.4) is 0 Å². The summed E-state index contributed by atoms with van der Waals surface area (Å²) in [6, 6.07) is 6.22. The second-order valence-electron chi connectivity index (χ2n) is 7.18. The number of aromatic hydroxyl groups is 1. The van der Waals surface area contributed by atoms with Crippen LogP contribution in [0.2, 0.25) is 0 Å². The largest absolute Gasteiger partial charge is 0.508 e. The number of aryl methyl sites for hydroxylation is 1. The standard InChI is InChI=1S/C21H36N2O/c1-2-3-4-5-6-7-8-9-19-10-11-21(24)20(18-19)12-15-23-16-13-22-14-17-23/h10-11,18,22,24H,2-9,12-17H2,1H3. The molecule has 1 aliphatic rings. The second-order valence-corrected chi connectivity index (χ2v) is 7.18. The minimum Gasteiger partial charge on any atom is -0.508 e. The van der Waals surface area contributed by atoms with E-state index in [1.54, 1.807) is 0 Å². The third-order valence-corrected chi connectivity index (χ3v) is 5.12. The SMILES string of the molecule is CCCCCCCCCc1ccc(O)c(CCN2CCNCC2)c1. The Kier molecular flexibility index (Phi) is 9.22. The van der Waals surface area contributed by atoms with E-state index in [0.29, 0.717) is 5.75 Å². The van der Waals surface area contributed by atoms with Crippen LogP contribution in [0.15, 0.2) is 18.2 Å². The summed E-state index contributed by atoms with van der Waals surface area (Å²) >= 11 is 0. The van der Waals surface area contributed by atoms with E-state index < -0.39 is 0 Å². The second kappa shape index (κ2) is 11.5. The van der Waals surface area contributed by atoms with E-state index >= 15 is 0 Å². The van der Waals surface area contributed by atoms with Crippen LogP contribution in [0.4, 0.5) is 0 Å². The molecule has 2 N–H and O–H groups in total. The summed E-state index contributed by atoms with van der Waals surface area (Å²) in [6.07, 6.45) is 11.6. The lowest BCUT2D eigenvalue weighted by Crippen LogP contribution is -2.44. The fourth-order valence-electron chi connectivity index (χ4n) is 3.49. The van der Waals surface area contributed by atoms with E-state index in [0.717, 1.165) is 51.1 Å². The normalized spacial score (nSPS) is 15.7. The van der Waals surface area contributed by atoms with Crippen LogP contribution in [-0.4, -0.2) is 42.7 Å². The Morgan fingerprint density at radius 3 is 2.42 bits per heavy atom. The molecule has 1 aliphatic heterocycles. The molecule has 2 rings (SSSR count). The van der Waals surface area contributed by atoms with E-state index in [9.17, 15) is 5.11 Å².